The predicted molar refractivity (Wildman–Crippen MR) is 82.4 cm³/mol. The number of amides is 1. The van der Waals surface area contributed by atoms with E-state index in [2.05, 4.69) is 33.0 Å². The summed E-state index contributed by atoms with van der Waals surface area (Å²) in [5.41, 5.74) is 5.95. The molecule has 0 aromatic rings. The molecule has 0 spiro atoms. The summed E-state index contributed by atoms with van der Waals surface area (Å²) >= 11 is 0. The largest absolute Gasteiger partial charge is 0.342 e. The summed E-state index contributed by atoms with van der Waals surface area (Å²) in [7, 11) is 0. The third-order valence-electron chi connectivity index (χ3n) is 4.71. The zero-order chi connectivity index (χ0) is 15.0. The highest BCUT2D eigenvalue weighted by Crippen LogP contribution is 2.35. The van der Waals surface area contributed by atoms with E-state index in [0.717, 1.165) is 32.4 Å². The van der Waals surface area contributed by atoms with Crippen LogP contribution in [0.3, 0.4) is 0 Å². The maximum Gasteiger partial charge on any atom is 0.222 e. The molecule has 2 heterocycles. The molecule has 20 heavy (non-hydrogen) atoms. The Morgan fingerprint density at radius 3 is 2.30 bits per heavy atom. The van der Waals surface area contributed by atoms with Gasteiger partial charge in [-0.2, -0.15) is 0 Å². The van der Waals surface area contributed by atoms with Gasteiger partial charge in [-0.15, -0.1) is 0 Å². The molecular weight excluding hydrogens is 250 g/mol. The molecule has 116 valence electrons. The van der Waals surface area contributed by atoms with Crippen LogP contribution in [0.1, 0.15) is 53.4 Å². The molecule has 4 nitrogen and oxygen atoms in total. The first-order valence-corrected chi connectivity index (χ1v) is 7.98. The van der Waals surface area contributed by atoms with Crippen LogP contribution >= 0.6 is 0 Å². The van der Waals surface area contributed by atoms with Crippen LogP contribution in [0.15, 0.2) is 0 Å². The molecule has 1 unspecified atom stereocenters. The lowest BCUT2D eigenvalue weighted by Crippen LogP contribution is -2.58. The fourth-order valence-electron chi connectivity index (χ4n) is 4.31. The molecule has 0 saturated carbocycles. The van der Waals surface area contributed by atoms with E-state index in [9.17, 15) is 4.79 Å². The molecule has 2 saturated heterocycles. The van der Waals surface area contributed by atoms with Gasteiger partial charge in [0.1, 0.15) is 0 Å². The van der Waals surface area contributed by atoms with Crippen LogP contribution in [0.2, 0.25) is 0 Å². The number of hydrogen-bond donors (Lipinski definition) is 2. The van der Waals surface area contributed by atoms with Gasteiger partial charge in [0.15, 0.2) is 0 Å². The second-order valence-electron chi connectivity index (χ2n) is 8.10. The van der Waals surface area contributed by atoms with Gasteiger partial charge < -0.3 is 16.0 Å². The number of hydrogen-bond acceptors (Lipinski definition) is 3. The molecule has 1 amide bonds. The third kappa shape index (κ3) is 3.95. The Labute approximate surface area is 123 Å². The number of nitrogens with one attached hydrogen (secondary N) is 1. The highest BCUT2D eigenvalue weighted by molar-refractivity contribution is 5.76. The Balaban J connectivity index is 1.91. The minimum Gasteiger partial charge on any atom is -0.342 e. The van der Waals surface area contributed by atoms with E-state index in [1.807, 2.05) is 4.90 Å². The number of nitrogens with zero attached hydrogens (tertiary/aromatic N) is 1. The molecule has 2 fully saturated rings. The molecule has 1 atom stereocenters. The molecule has 2 aliphatic heterocycles. The minimum absolute atomic E-state index is 0.123. The van der Waals surface area contributed by atoms with Gasteiger partial charge in [-0.25, -0.2) is 0 Å². The van der Waals surface area contributed by atoms with Crippen molar-refractivity contribution in [2.24, 2.45) is 17.6 Å². The van der Waals surface area contributed by atoms with Crippen molar-refractivity contribution in [2.45, 2.75) is 64.5 Å². The van der Waals surface area contributed by atoms with Crippen molar-refractivity contribution >= 4 is 5.91 Å². The highest BCUT2D eigenvalue weighted by Gasteiger charge is 2.39. The molecule has 2 aliphatic rings. The van der Waals surface area contributed by atoms with Gasteiger partial charge >= 0.3 is 0 Å². The summed E-state index contributed by atoms with van der Waals surface area (Å²) < 4.78 is 0. The average molecular weight is 281 g/mol. The maximum atomic E-state index is 12.5. The second kappa shape index (κ2) is 5.64. The fraction of sp³-hybridized carbons (Fsp3) is 0.938. The predicted octanol–water partition coefficient (Wildman–Crippen LogP) is 1.74. The van der Waals surface area contributed by atoms with Gasteiger partial charge in [0.25, 0.3) is 0 Å². The van der Waals surface area contributed by atoms with Crippen molar-refractivity contribution < 1.29 is 4.79 Å². The van der Waals surface area contributed by atoms with Crippen molar-refractivity contribution in [2.75, 3.05) is 19.6 Å². The molecule has 0 aliphatic carbocycles. The van der Waals surface area contributed by atoms with Crippen LogP contribution in [0, 0.1) is 11.8 Å². The molecule has 2 rings (SSSR count). The first-order valence-electron chi connectivity index (χ1n) is 7.98. The van der Waals surface area contributed by atoms with E-state index < -0.39 is 0 Å². The lowest BCUT2D eigenvalue weighted by molar-refractivity contribution is -0.131. The van der Waals surface area contributed by atoms with Gasteiger partial charge in [0, 0.05) is 30.6 Å². The Morgan fingerprint density at radius 1 is 1.20 bits per heavy atom. The quantitative estimate of drug-likeness (QED) is 0.828. The van der Waals surface area contributed by atoms with Crippen molar-refractivity contribution in [1.82, 2.24) is 10.2 Å². The Hall–Kier alpha value is -0.610. The molecule has 3 N–H and O–H groups in total. The van der Waals surface area contributed by atoms with Crippen LogP contribution in [-0.2, 0) is 4.79 Å². The Bertz CT molecular complexity index is 349. The lowest BCUT2D eigenvalue weighted by Gasteiger charge is -2.46. The van der Waals surface area contributed by atoms with Gasteiger partial charge in [0.2, 0.25) is 5.91 Å². The topological polar surface area (TPSA) is 58.4 Å². The number of carbonyl (C=O) groups is 1. The SMILES string of the molecule is CC1(C)CC(CC(=O)N2CCC(CN)C2)CC(C)(C)N1. The average Bonchev–Trinajstić information content (AvgIpc) is 2.72. The highest BCUT2D eigenvalue weighted by atomic mass is 16.2. The van der Waals surface area contributed by atoms with Crippen molar-refractivity contribution in [3.05, 3.63) is 0 Å². The summed E-state index contributed by atoms with van der Waals surface area (Å²) in [6, 6.07) is 0. The van der Waals surface area contributed by atoms with Crippen LogP contribution < -0.4 is 11.1 Å². The summed E-state index contributed by atoms with van der Waals surface area (Å²) in [6.45, 7) is 11.4. The van der Waals surface area contributed by atoms with E-state index in [0.29, 0.717) is 30.7 Å². The third-order valence-corrected chi connectivity index (χ3v) is 4.71. The molecular formula is C16H31N3O. The molecule has 0 aromatic carbocycles. The second-order valence-corrected chi connectivity index (χ2v) is 8.10. The van der Waals surface area contributed by atoms with Gasteiger partial charge in [-0.05, 0) is 65.3 Å². The van der Waals surface area contributed by atoms with E-state index >= 15 is 0 Å². The summed E-state index contributed by atoms with van der Waals surface area (Å²) in [4.78, 5) is 14.5. The van der Waals surface area contributed by atoms with Crippen LogP contribution in [0.5, 0.6) is 0 Å². The summed E-state index contributed by atoms with van der Waals surface area (Å²) in [5, 5.41) is 3.68. The van der Waals surface area contributed by atoms with Gasteiger partial charge in [0.05, 0.1) is 0 Å². The van der Waals surface area contributed by atoms with Crippen molar-refractivity contribution in [3.8, 4) is 0 Å². The Morgan fingerprint density at radius 2 is 1.80 bits per heavy atom. The van der Waals surface area contributed by atoms with E-state index in [4.69, 9.17) is 5.73 Å². The zero-order valence-electron chi connectivity index (χ0n) is 13.5. The normalized spacial score (nSPS) is 29.6. The van der Waals surface area contributed by atoms with Crippen LogP contribution in [0.4, 0.5) is 0 Å². The first kappa shape index (κ1) is 15.8. The Kier molecular flexibility index (Phi) is 4.45. The standard InChI is InChI=1S/C16H31N3O/c1-15(2)8-13(9-16(3,4)18-15)7-14(20)19-6-5-12(10-17)11-19/h12-13,18H,5-11,17H2,1-4H3. The summed E-state index contributed by atoms with van der Waals surface area (Å²) in [5.74, 6) is 1.34. The number of carbonyl (C=O) groups excluding carboxylic acids is 1. The van der Waals surface area contributed by atoms with Crippen LogP contribution in [0.25, 0.3) is 0 Å². The molecule has 0 aromatic heterocycles. The van der Waals surface area contributed by atoms with E-state index in [1.165, 1.54) is 0 Å². The number of rotatable bonds is 3. The number of likely N-dealkylation sites (tertiary alicyclic amines) is 1. The molecule has 0 radical (unpaired) electrons. The summed E-state index contributed by atoms with van der Waals surface area (Å²) in [6.07, 6.45) is 3.93. The fourth-order valence-corrected chi connectivity index (χ4v) is 4.31. The maximum absolute atomic E-state index is 12.5. The van der Waals surface area contributed by atoms with E-state index in [-0.39, 0.29) is 11.1 Å². The zero-order valence-corrected chi connectivity index (χ0v) is 13.5. The van der Waals surface area contributed by atoms with Gasteiger partial charge in [-0.3, -0.25) is 4.79 Å². The minimum atomic E-state index is 0.123. The first-order chi connectivity index (χ1) is 9.21. The molecule has 0 bridgehead atoms. The lowest BCUT2D eigenvalue weighted by atomic mass is 9.74. The van der Waals surface area contributed by atoms with Crippen LogP contribution in [-0.4, -0.2) is 41.5 Å². The number of nitrogens with two attached hydrogens (primary N) is 1. The van der Waals surface area contributed by atoms with E-state index in [1.54, 1.807) is 0 Å². The van der Waals surface area contributed by atoms with Gasteiger partial charge in [-0.1, -0.05) is 0 Å². The monoisotopic (exact) mass is 281 g/mol. The smallest absolute Gasteiger partial charge is 0.222 e. The van der Waals surface area contributed by atoms with Crippen molar-refractivity contribution in [3.63, 3.8) is 0 Å². The molecule has 4 heteroatoms. The number of piperidine rings is 1. The van der Waals surface area contributed by atoms with Crippen molar-refractivity contribution in [1.29, 1.82) is 0 Å².